The van der Waals surface area contributed by atoms with E-state index < -0.39 is 6.17 Å². The van der Waals surface area contributed by atoms with Gasteiger partial charge in [-0.2, -0.15) is 0 Å². The highest BCUT2D eigenvalue weighted by atomic mass is 19.1. The van der Waals surface area contributed by atoms with E-state index in [-0.39, 0.29) is 35.9 Å². The zero-order valence-electron chi connectivity index (χ0n) is 18.8. The van der Waals surface area contributed by atoms with Gasteiger partial charge in [0.2, 0.25) is 11.8 Å². The third-order valence-electron chi connectivity index (χ3n) is 8.24. The van der Waals surface area contributed by atoms with Crippen LogP contribution < -0.4 is 10.6 Å². The van der Waals surface area contributed by atoms with Crippen molar-refractivity contribution in [3.63, 3.8) is 0 Å². The highest BCUT2D eigenvalue weighted by Crippen LogP contribution is 2.38. The zero-order chi connectivity index (χ0) is 21.4. The summed E-state index contributed by atoms with van der Waals surface area (Å²) in [5.41, 5.74) is 0. The van der Waals surface area contributed by atoms with Crippen molar-refractivity contribution in [3.05, 3.63) is 0 Å². The number of nitrogens with one attached hydrogen (secondary N) is 2. The maximum absolute atomic E-state index is 14.4. The summed E-state index contributed by atoms with van der Waals surface area (Å²) in [6, 6.07) is 0.892. The molecule has 7 heteroatoms. The maximum atomic E-state index is 14.4. The van der Waals surface area contributed by atoms with Crippen LogP contribution in [0.25, 0.3) is 0 Å². The van der Waals surface area contributed by atoms with Gasteiger partial charge in [0.15, 0.2) is 0 Å². The maximum Gasteiger partial charge on any atom is 0.237 e. The van der Waals surface area contributed by atoms with Crippen LogP contribution in [0.4, 0.5) is 4.39 Å². The van der Waals surface area contributed by atoms with Gasteiger partial charge in [0.25, 0.3) is 0 Å². The number of piperazine rings is 1. The van der Waals surface area contributed by atoms with Gasteiger partial charge in [-0.25, -0.2) is 4.39 Å². The van der Waals surface area contributed by atoms with Gasteiger partial charge < -0.3 is 15.5 Å². The molecule has 2 amide bonds. The lowest BCUT2D eigenvalue weighted by Crippen LogP contribution is -2.58. The van der Waals surface area contributed by atoms with Gasteiger partial charge in [0, 0.05) is 56.6 Å². The standard InChI is InChI=1S/C23H39FN4O2/c1-14-7-8-20(24)19-12-21(26-22(14)19)23(30)25-17-5-4-6-18(11-17)28-10-9-27(16(3)29)13-15(28)2/h14-15,17-22,26H,4-13H2,1-3H3,(H,25,30)/t14?,15-,17+,18-,19?,20?,21?,22?/m0/s1. The molecule has 8 atom stereocenters. The fourth-order valence-electron chi connectivity index (χ4n) is 6.50. The molecule has 4 aliphatic rings. The van der Waals surface area contributed by atoms with Crippen molar-refractivity contribution in [2.45, 2.75) is 102 Å². The summed E-state index contributed by atoms with van der Waals surface area (Å²) in [7, 11) is 0. The minimum absolute atomic E-state index is 0.0120. The first-order valence-electron chi connectivity index (χ1n) is 12.0. The molecule has 4 fully saturated rings. The van der Waals surface area contributed by atoms with E-state index >= 15 is 0 Å². The van der Waals surface area contributed by atoms with Crippen molar-refractivity contribution in [1.29, 1.82) is 0 Å². The van der Waals surface area contributed by atoms with Gasteiger partial charge in [0.1, 0.15) is 6.17 Å². The SMILES string of the molecule is CC(=O)N1CCN([C@H]2CCC[C@@H](NC(=O)C3CC4C(F)CCC(C)C4N3)C2)[C@@H](C)C1. The topological polar surface area (TPSA) is 64.7 Å². The number of hydrogen-bond acceptors (Lipinski definition) is 4. The Morgan fingerprint density at radius 2 is 1.87 bits per heavy atom. The Morgan fingerprint density at radius 1 is 1.07 bits per heavy atom. The van der Waals surface area contributed by atoms with Crippen LogP contribution in [0.1, 0.15) is 65.7 Å². The number of rotatable bonds is 3. The van der Waals surface area contributed by atoms with Crippen molar-refractivity contribution in [2.24, 2.45) is 11.8 Å². The molecule has 0 spiro atoms. The van der Waals surface area contributed by atoms with Crippen LogP contribution in [0, 0.1) is 11.8 Å². The minimum Gasteiger partial charge on any atom is -0.352 e. The second kappa shape index (κ2) is 9.11. The third kappa shape index (κ3) is 4.52. The number of amides is 2. The molecule has 2 saturated heterocycles. The molecule has 2 N–H and O–H groups in total. The van der Waals surface area contributed by atoms with Crippen LogP contribution in [0.5, 0.6) is 0 Å². The average molecular weight is 423 g/mol. The zero-order valence-corrected chi connectivity index (χ0v) is 18.8. The highest BCUT2D eigenvalue weighted by molar-refractivity contribution is 5.82. The lowest BCUT2D eigenvalue weighted by molar-refractivity contribution is -0.132. The van der Waals surface area contributed by atoms with Crippen LogP contribution >= 0.6 is 0 Å². The van der Waals surface area contributed by atoms with Crippen molar-refractivity contribution in [3.8, 4) is 0 Å². The summed E-state index contributed by atoms with van der Waals surface area (Å²) < 4.78 is 14.4. The first-order valence-corrected chi connectivity index (χ1v) is 12.0. The van der Waals surface area contributed by atoms with Crippen LogP contribution in [0.15, 0.2) is 0 Å². The summed E-state index contributed by atoms with van der Waals surface area (Å²) >= 11 is 0. The van der Waals surface area contributed by atoms with Crippen LogP contribution in [0.2, 0.25) is 0 Å². The second-order valence-corrected chi connectivity index (χ2v) is 10.3. The molecule has 0 bridgehead atoms. The van der Waals surface area contributed by atoms with Crippen LogP contribution in [0.3, 0.4) is 0 Å². The summed E-state index contributed by atoms with van der Waals surface area (Å²) in [5, 5.41) is 6.76. The van der Waals surface area contributed by atoms with Gasteiger partial charge >= 0.3 is 0 Å². The van der Waals surface area contributed by atoms with Crippen molar-refractivity contribution in [2.75, 3.05) is 19.6 Å². The Morgan fingerprint density at radius 3 is 2.57 bits per heavy atom. The number of alkyl halides is 1. The molecule has 2 aliphatic carbocycles. The highest BCUT2D eigenvalue weighted by Gasteiger charge is 2.46. The first-order chi connectivity index (χ1) is 14.3. The number of halogens is 1. The van der Waals surface area contributed by atoms with Crippen molar-refractivity contribution >= 4 is 11.8 Å². The second-order valence-electron chi connectivity index (χ2n) is 10.3. The van der Waals surface area contributed by atoms with E-state index in [1.165, 1.54) is 0 Å². The molecule has 6 nitrogen and oxygen atoms in total. The van der Waals surface area contributed by atoms with E-state index in [0.29, 0.717) is 30.8 Å². The summed E-state index contributed by atoms with van der Waals surface area (Å²) in [6.07, 6.45) is 5.66. The molecule has 0 aromatic carbocycles. The fraction of sp³-hybridized carbons (Fsp3) is 0.913. The fourth-order valence-corrected chi connectivity index (χ4v) is 6.50. The van der Waals surface area contributed by atoms with Crippen LogP contribution in [-0.4, -0.2) is 77.6 Å². The molecule has 4 rings (SSSR count). The quantitative estimate of drug-likeness (QED) is 0.731. The molecule has 170 valence electrons. The molecule has 2 heterocycles. The number of fused-ring (bicyclic) bond motifs is 1. The first kappa shape index (κ1) is 22.0. The molecular formula is C23H39FN4O2. The van der Waals surface area contributed by atoms with Crippen LogP contribution in [-0.2, 0) is 9.59 Å². The molecule has 2 saturated carbocycles. The Labute approximate surface area is 180 Å². The van der Waals surface area contributed by atoms with E-state index in [1.807, 2.05) is 4.90 Å². The molecule has 0 aromatic rings. The summed E-state index contributed by atoms with van der Waals surface area (Å²) in [5.74, 6) is 0.643. The lowest BCUT2D eigenvalue weighted by Gasteiger charge is -2.46. The van der Waals surface area contributed by atoms with Crippen molar-refractivity contribution < 1.29 is 14.0 Å². The van der Waals surface area contributed by atoms with Gasteiger partial charge in [-0.1, -0.05) is 6.92 Å². The molecule has 0 radical (unpaired) electrons. The normalized spacial score (nSPS) is 42.6. The van der Waals surface area contributed by atoms with E-state index in [0.717, 1.165) is 51.7 Å². The van der Waals surface area contributed by atoms with Gasteiger partial charge in [-0.15, -0.1) is 0 Å². The number of carbonyl (C=O) groups excluding carboxylic acids is 2. The number of carbonyl (C=O) groups is 2. The molecule has 5 unspecified atom stereocenters. The molecule has 30 heavy (non-hydrogen) atoms. The molecule has 0 aromatic heterocycles. The average Bonchev–Trinajstić information content (AvgIpc) is 3.18. The molecule has 2 aliphatic heterocycles. The smallest absolute Gasteiger partial charge is 0.237 e. The van der Waals surface area contributed by atoms with Gasteiger partial charge in [0.05, 0.1) is 6.04 Å². The number of nitrogens with zero attached hydrogens (tertiary/aromatic N) is 2. The Balaban J connectivity index is 1.30. The van der Waals surface area contributed by atoms with Gasteiger partial charge in [-0.3, -0.25) is 14.5 Å². The minimum atomic E-state index is -0.772. The summed E-state index contributed by atoms with van der Waals surface area (Å²) in [6.45, 7) is 8.53. The number of hydrogen-bond donors (Lipinski definition) is 2. The van der Waals surface area contributed by atoms with E-state index in [2.05, 4.69) is 29.4 Å². The Hall–Kier alpha value is -1.21. The predicted octanol–water partition coefficient (Wildman–Crippen LogP) is 2.08. The Bertz CT molecular complexity index is 629. The monoisotopic (exact) mass is 422 g/mol. The molecular weight excluding hydrogens is 383 g/mol. The van der Waals surface area contributed by atoms with E-state index in [9.17, 15) is 14.0 Å². The third-order valence-corrected chi connectivity index (χ3v) is 8.24. The predicted molar refractivity (Wildman–Crippen MR) is 115 cm³/mol. The largest absolute Gasteiger partial charge is 0.352 e. The van der Waals surface area contributed by atoms with E-state index in [4.69, 9.17) is 0 Å². The van der Waals surface area contributed by atoms with Gasteiger partial charge in [-0.05, 0) is 57.8 Å². The van der Waals surface area contributed by atoms with Crippen molar-refractivity contribution in [1.82, 2.24) is 20.4 Å². The van der Waals surface area contributed by atoms with E-state index in [1.54, 1.807) is 6.92 Å². The lowest BCUT2D eigenvalue weighted by atomic mass is 9.77. The Kier molecular flexibility index (Phi) is 6.68. The summed E-state index contributed by atoms with van der Waals surface area (Å²) in [4.78, 5) is 29.1.